The van der Waals surface area contributed by atoms with Gasteiger partial charge < -0.3 is 15.7 Å². The summed E-state index contributed by atoms with van der Waals surface area (Å²) in [4.78, 5) is 26.2. The molecule has 0 spiro atoms. The Kier molecular flexibility index (Phi) is 4.42. The molecule has 0 aromatic heterocycles. The van der Waals surface area contributed by atoms with Crippen molar-refractivity contribution >= 4 is 17.6 Å². The summed E-state index contributed by atoms with van der Waals surface area (Å²) in [6.07, 6.45) is 0. The van der Waals surface area contributed by atoms with Gasteiger partial charge in [0.1, 0.15) is 11.9 Å². The maximum atomic E-state index is 13.2. The molecule has 7 heteroatoms. The number of hydrogen-bond donors (Lipinski definition) is 2. The monoisotopic (exact) mass is 295 g/mol. The molecule has 1 atom stereocenters. The first-order valence-corrected chi connectivity index (χ1v) is 6.71. The third-order valence-electron chi connectivity index (χ3n) is 3.78. The zero-order valence-corrected chi connectivity index (χ0v) is 11.8. The Bertz CT molecular complexity index is 556. The minimum Gasteiger partial charge on any atom is -0.480 e. The van der Waals surface area contributed by atoms with E-state index in [1.807, 2.05) is 9.80 Å². The molecule has 1 aromatic carbocycles. The summed E-state index contributed by atoms with van der Waals surface area (Å²) in [5.74, 6) is -2.04. The minimum absolute atomic E-state index is 0.148. The Morgan fingerprint density at radius 1 is 1.29 bits per heavy atom. The second-order valence-electron chi connectivity index (χ2n) is 5.06. The number of anilines is 1. The first-order valence-electron chi connectivity index (χ1n) is 6.71. The topological polar surface area (TPSA) is 86.9 Å². The summed E-state index contributed by atoms with van der Waals surface area (Å²) in [5, 5.41) is 9.01. The summed E-state index contributed by atoms with van der Waals surface area (Å²) >= 11 is 0. The molecule has 0 bridgehead atoms. The predicted molar refractivity (Wildman–Crippen MR) is 75.8 cm³/mol. The number of halogens is 1. The van der Waals surface area contributed by atoms with Crippen LogP contribution in [0.5, 0.6) is 0 Å². The van der Waals surface area contributed by atoms with E-state index >= 15 is 0 Å². The lowest BCUT2D eigenvalue weighted by Gasteiger charge is -2.38. The van der Waals surface area contributed by atoms with Gasteiger partial charge in [-0.25, -0.2) is 4.39 Å². The average molecular weight is 295 g/mol. The van der Waals surface area contributed by atoms with Gasteiger partial charge in [0.15, 0.2) is 0 Å². The van der Waals surface area contributed by atoms with Crippen molar-refractivity contribution in [2.45, 2.75) is 13.0 Å². The van der Waals surface area contributed by atoms with Gasteiger partial charge in [-0.2, -0.15) is 0 Å². The largest absolute Gasteiger partial charge is 0.480 e. The molecule has 0 saturated carbocycles. The highest BCUT2D eigenvalue weighted by Crippen LogP contribution is 2.23. The molecule has 0 aliphatic carbocycles. The van der Waals surface area contributed by atoms with Crippen LogP contribution in [0, 0.1) is 5.82 Å². The number of piperazine rings is 1. The van der Waals surface area contributed by atoms with Crippen LogP contribution in [0.3, 0.4) is 0 Å². The van der Waals surface area contributed by atoms with Crippen molar-refractivity contribution in [2.75, 3.05) is 31.1 Å². The van der Waals surface area contributed by atoms with Gasteiger partial charge in [-0.15, -0.1) is 0 Å². The number of nitrogens with two attached hydrogens (primary N) is 1. The number of hydrogen-bond acceptors (Lipinski definition) is 4. The van der Waals surface area contributed by atoms with Gasteiger partial charge >= 0.3 is 5.97 Å². The van der Waals surface area contributed by atoms with Crippen LogP contribution in [-0.2, 0) is 4.79 Å². The van der Waals surface area contributed by atoms with E-state index in [4.69, 9.17) is 10.8 Å². The number of carboxylic acids is 1. The van der Waals surface area contributed by atoms with Crippen molar-refractivity contribution in [1.29, 1.82) is 0 Å². The Hall–Kier alpha value is -2.15. The molecule has 1 aromatic rings. The van der Waals surface area contributed by atoms with Crippen LogP contribution in [0.25, 0.3) is 0 Å². The predicted octanol–water partition coefficient (Wildman–Crippen LogP) is 0.520. The number of benzene rings is 1. The highest BCUT2D eigenvalue weighted by atomic mass is 19.1. The van der Waals surface area contributed by atoms with E-state index in [1.54, 1.807) is 6.92 Å². The molecular formula is C14H18FN3O3. The third kappa shape index (κ3) is 3.30. The zero-order chi connectivity index (χ0) is 15.6. The van der Waals surface area contributed by atoms with Gasteiger partial charge in [0.25, 0.3) is 5.91 Å². The van der Waals surface area contributed by atoms with Crippen LogP contribution in [-0.4, -0.2) is 54.1 Å². The minimum atomic E-state index is -0.858. The second-order valence-corrected chi connectivity index (χ2v) is 5.06. The van der Waals surface area contributed by atoms with Crippen molar-refractivity contribution in [1.82, 2.24) is 4.90 Å². The molecule has 3 N–H and O–H groups in total. The van der Waals surface area contributed by atoms with Crippen LogP contribution < -0.4 is 10.6 Å². The van der Waals surface area contributed by atoms with Crippen molar-refractivity contribution in [3.05, 3.63) is 29.6 Å². The van der Waals surface area contributed by atoms with Gasteiger partial charge in [0.2, 0.25) is 0 Å². The van der Waals surface area contributed by atoms with E-state index < -0.39 is 23.7 Å². The van der Waals surface area contributed by atoms with Gasteiger partial charge in [0, 0.05) is 31.9 Å². The molecule has 1 heterocycles. The van der Waals surface area contributed by atoms with Crippen molar-refractivity contribution in [3.63, 3.8) is 0 Å². The fraction of sp³-hybridized carbons (Fsp3) is 0.429. The van der Waals surface area contributed by atoms with E-state index in [0.29, 0.717) is 31.9 Å². The van der Waals surface area contributed by atoms with Crippen LogP contribution in [0.2, 0.25) is 0 Å². The summed E-state index contributed by atoms with van der Waals surface area (Å²) in [6, 6.07) is 3.40. The molecule has 2 rings (SSSR count). The molecule has 114 valence electrons. The normalized spacial score (nSPS) is 17.5. The molecule has 6 nitrogen and oxygen atoms in total. The van der Waals surface area contributed by atoms with Crippen LogP contribution in [0.1, 0.15) is 17.3 Å². The highest BCUT2D eigenvalue weighted by molar-refractivity contribution is 5.98. The number of carbonyl (C=O) groups is 2. The Morgan fingerprint density at radius 2 is 1.90 bits per heavy atom. The molecule has 1 fully saturated rings. The lowest BCUT2D eigenvalue weighted by Crippen LogP contribution is -2.52. The van der Waals surface area contributed by atoms with Crippen LogP contribution in [0.15, 0.2) is 18.2 Å². The molecule has 1 saturated heterocycles. The number of carboxylic acid groups (broad SMARTS) is 1. The summed E-state index contributed by atoms with van der Waals surface area (Å²) < 4.78 is 13.2. The average Bonchev–Trinajstić information content (AvgIpc) is 2.46. The summed E-state index contributed by atoms with van der Waals surface area (Å²) in [7, 11) is 0. The molecule has 0 radical (unpaired) electrons. The van der Waals surface area contributed by atoms with E-state index in [0.717, 1.165) is 6.07 Å². The maximum absolute atomic E-state index is 13.2. The molecule has 21 heavy (non-hydrogen) atoms. The highest BCUT2D eigenvalue weighted by Gasteiger charge is 2.26. The van der Waals surface area contributed by atoms with Gasteiger partial charge in [0.05, 0.1) is 5.56 Å². The van der Waals surface area contributed by atoms with Gasteiger partial charge in [-0.3, -0.25) is 14.5 Å². The molecule has 1 amide bonds. The summed E-state index contributed by atoms with van der Waals surface area (Å²) in [5.41, 5.74) is 6.02. The van der Waals surface area contributed by atoms with E-state index in [2.05, 4.69) is 0 Å². The van der Waals surface area contributed by atoms with E-state index in [-0.39, 0.29) is 5.56 Å². The van der Waals surface area contributed by atoms with Gasteiger partial charge in [-0.05, 0) is 25.1 Å². The second kappa shape index (κ2) is 6.09. The standard InChI is InChI=1S/C14H18FN3O3/c1-9(14(20)21)17-4-6-18(7-5-17)12-3-2-10(15)8-11(12)13(16)19/h2-3,8-9H,4-7H2,1H3,(H2,16,19)(H,20,21). The Balaban J connectivity index is 2.12. The lowest BCUT2D eigenvalue weighted by atomic mass is 10.1. The van der Waals surface area contributed by atoms with E-state index in [1.165, 1.54) is 12.1 Å². The first-order chi connectivity index (χ1) is 9.90. The van der Waals surface area contributed by atoms with Crippen molar-refractivity contribution < 1.29 is 19.1 Å². The van der Waals surface area contributed by atoms with Crippen LogP contribution >= 0.6 is 0 Å². The Labute approximate surface area is 121 Å². The number of rotatable bonds is 4. The lowest BCUT2D eigenvalue weighted by molar-refractivity contribution is -0.142. The molecule has 1 aliphatic rings. The van der Waals surface area contributed by atoms with Crippen LogP contribution in [0.4, 0.5) is 10.1 Å². The molecular weight excluding hydrogens is 277 g/mol. The number of aliphatic carboxylic acids is 1. The smallest absolute Gasteiger partial charge is 0.320 e. The number of nitrogens with zero attached hydrogens (tertiary/aromatic N) is 2. The zero-order valence-electron chi connectivity index (χ0n) is 11.8. The maximum Gasteiger partial charge on any atom is 0.320 e. The van der Waals surface area contributed by atoms with E-state index in [9.17, 15) is 14.0 Å². The first kappa shape index (κ1) is 15.2. The quantitative estimate of drug-likeness (QED) is 0.845. The SMILES string of the molecule is CC(C(=O)O)N1CCN(c2ccc(F)cc2C(N)=O)CC1. The number of primary amides is 1. The Morgan fingerprint density at radius 3 is 2.43 bits per heavy atom. The third-order valence-corrected chi connectivity index (χ3v) is 3.78. The van der Waals surface area contributed by atoms with Gasteiger partial charge in [-0.1, -0.05) is 0 Å². The van der Waals surface area contributed by atoms with Crippen molar-refractivity contribution in [2.24, 2.45) is 5.73 Å². The number of amides is 1. The molecule has 1 unspecified atom stereocenters. The fourth-order valence-electron chi connectivity index (χ4n) is 2.49. The molecule has 1 aliphatic heterocycles. The van der Waals surface area contributed by atoms with Crippen molar-refractivity contribution in [3.8, 4) is 0 Å². The fourth-order valence-corrected chi connectivity index (χ4v) is 2.49. The summed E-state index contributed by atoms with van der Waals surface area (Å²) in [6.45, 7) is 3.88. The number of carbonyl (C=O) groups excluding carboxylic acids is 1.